The Morgan fingerprint density at radius 3 is 0.639 bits per heavy atom. The van der Waals surface area contributed by atoms with E-state index in [4.69, 9.17) is 0 Å². The molecular formula is C36H73. The second kappa shape index (κ2) is 33.0. The third-order valence-corrected chi connectivity index (χ3v) is 8.43. The van der Waals surface area contributed by atoms with Gasteiger partial charge in [0, 0.05) is 0 Å². The van der Waals surface area contributed by atoms with Gasteiger partial charge in [-0.25, -0.2) is 0 Å². The smallest absolute Gasteiger partial charge is 0.0414 e. The number of unbranched alkanes of at least 4 members (excludes halogenated alkanes) is 28. The van der Waals surface area contributed by atoms with Crippen molar-refractivity contribution in [3.05, 3.63) is 6.92 Å². The van der Waals surface area contributed by atoms with Crippen LogP contribution in [0, 0.1) is 12.8 Å². The zero-order valence-electron chi connectivity index (χ0n) is 25.9. The van der Waals surface area contributed by atoms with Crippen LogP contribution in [0.2, 0.25) is 0 Å². The molecule has 0 saturated heterocycles. The van der Waals surface area contributed by atoms with Crippen molar-refractivity contribution in [1.82, 2.24) is 0 Å². The maximum absolute atomic E-state index is 4.43. The van der Waals surface area contributed by atoms with E-state index in [1.54, 1.807) is 0 Å². The summed E-state index contributed by atoms with van der Waals surface area (Å²) in [6, 6.07) is 0. The molecule has 0 nitrogen and oxygen atoms in total. The minimum atomic E-state index is 0.717. The van der Waals surface area contributed by atoms with Gasteiger partial charge < -0.3 is 0 Å². The van der Waals surface area contributed by atoms with Crippen LogP contribution in [0.5, 0.6) is 0 Å². The van der Waals surface area contributed by atoms with Crippen LogP contribution in [0.4, 0.5) is 0 Å². The predicted molar refractivity (Wildman–Crippen MR) is 168 cm³/mol. The van der Waals surface area contributed by atoms with Crippen molar-refractivity contribution in [3.63, 3.8) is 0 Å². The fourth-order valence-electron chi connectivity index (χ4n) is 5.75. The van der Waals surface area contributed by atoms with Crippen LogP contribution in [0.15, 0.2) is 0 Å². The van der Waals surface area contributed by atoms with E-state index in [2.05, 4.69) is 20.8 Å². The summed E-state index contributed by atoms with van der Waals surface area (Å²) in [5, 5.41) is 0. The highest BCUT2D eigenvalue weighted by Gasteiger charge is 2.02. The lowest BCUT2D eigenvalue weighted by Crippen LogP contribution is -1.95. The maximum atomic E-state index is 4.43. The topological polar surface area (TPSA) is 0 Å². The second-order valence-electron chi connectivity index (χ2n) is 12.3. The quantitative estimate of drug-likeness (QED) is 0.0797. The SMILES string of the molecule is [CH2]C(CCCCCCCCCCCC)CCCCCCCCCCCCCCCCCCCCCC. The molecule has 0 spiro atoms. The third kappa shape index (κ3) is 32.0. The molecule has 0 fully saturated rings. The molecule has 217 valence electrons. The number of hydrogen-bond donors (Lipinski definition) is 0. The van der Waals surface area contributed by atoms with Crippen molar-refractivity contribution in [2.45, 2.75) is 219 Å². The Balaban J connectivity index is 3.11. The number of rotatable bonds is 32. The van der Waals surface area contributed by atoms with Gasteiger partial charge in [0.15, 0.2) is 0 Å². The van der Waals surface area contributed by atoms with Gasteiger partial charge in [-0.1, -0.05) is 226 Å². The molecule has 0 aromatic heterocycles. The van der Waals surface area contributed by atoms with E-state index in [-0.39, 0.29) is 0 Å². The average molecular weight is 506 g/mol. The van der Waals surface area contributed by atoms with Gasteiger partial charge in [0.25, 0.3) is 0 Å². The van der Waals surface area contributed by atoms with Gasteiger partial charge in [0.1, 0.15) is 0 Å². The van der Waals surface area contributed by atoms with Crippen LogP contribution in [-0.2, 0) is 0 Å². The van der Waals surface area contributed by atoms with Crippen molar-refractivity contribution in [1.29, 1.82) is 0 Å². The van der Waals surface area contributed by atoms with Gasteiger partial charge >= 0.3 is 0 Å². The molecular weight excluding hydrogens is 432 g/mol. The lowest BCUT2D eigenvalue weighted by Gasteiger charge is -2.11. The van der Waals surface area contributed by atoms with Crippen LogP contribution in [0.25, 0.3) is 0 Å². The van der Waals surface area contributed by atoms with E-state index in [1.165, 1.54) is 205 Å². The molecule has 0 aliphatic heterocycles. The summed E-state index contributed by atoms with van der Waals surface area (Å²) in [6.07, 6.45) is 46.6. The van der Waals surface area contributed by atoms with E-state index in [1.807, 2.05) is 0 Å². The van der Waals surface area contributed by atoms with Crippen LogP contribution in [-0.4, -0.2) is 0 Å². The largest absolute Gasteiger partial charge is 0.0654 e. The van der Waals surface area contributed by atoms with Crippen LogP contribution in [0.1, 0.15) is 219 Å². The normalized spacial score (nSPS) is 12.4. The zero-order chi connectivity index (χ0) is 26.2. The first-order valence-corrected chi connectivity index (χ1v) is 17.6. The summed E-state index contributed by atoms with van der Waals surface area (Å²) >= 11 is 0. The van der Waals surface area contributed by atoms with Gasteiger partial charge in [-0.2, -0.15) is 0 Å². The Kier molecular flexibility index (Phi) is 33.0. The molecule has 0 amide bonds. The molecule has 0 heteroatoms. The van der Waals surface area contributed by atoms with Crippen molar-refractivity contribution >= 4 is 0 Å². The average Bonchev–Trinajstić information content (AvgIpc) is 2.88. The van der Waals surface area contributed by atoms with Crippen LogP contribution in [0.3, 0.4) is 0 Å². The van der Waals surface area contributed by atoms with E-state index in [0.29, 0.717) is 0 Å². The minimum Gasteiger partial charge on any atom is -0.0654 e. The summed E-state index contributed by atoms with van der Waals surface area (Å²) < 4.78 is 0. The van der Waals surface area contributed by atoms with Gasteiger partial charge in [0.05, 0.1) is 0 Å². The van der Waals surface area contributed by atoms with Crippen molar-refractivity contribution in [2.24, 2.45) is 5.92 Å². The molecule has 0 rings (SSSR count). The first kappa shape index (κ1) is 36.0. The summed E-state index contributed by atoms with van der Waals surface area (Å²) in [5.74, 6) is 0.717. The molecule has 1 radical (unpaired) electrons. The van der Waals surface area contributed by atoms with Gasteiger partial charge in [-0.15, -0.1) is 0 Å². The zero-order valence-corrected chi connectivity index (χ0v) is 25.9. The summed E-state index contributed by atoms with van der Waals surface area (Å²) in [7, 11) is 0. The predicted octanol–water partition coefficient (Wildman–Crippen LogP) is 14.0. The monoisotopic (exact) mass is 506 g/mol. The Hall–Kier alpha value is 0. The summed E-state index contributed by atoms with van der Waals surface area (Å²) in [5.41, 5.74) is 0. The van der Waals surface area contributed by atoms with Crippen molar-refractivity contribution in [2.75, 3.05) is 0 Å². The van der Waals surface area contributed by atoms with Crippen LogP contribution >= 0.6 is 0 Å². The van der Waals surface area contributed by atoms with Gasteiger partial charge in [-0.3, -0.25) is 0 Å². The standard InChI is InChI=1S/C36H73/c1-4-6-8-10-12-14-16-17-18-19-20-21-22-23-24-25-27-29-31-33-35-36(3)34-32-30-28-26-15-13-11-9-7-5-2/h36H,3-35H2,1-2H3. The lowest BCUT2D eigenvalue weighted by atomic mass is 9.95. The molecule has 0 aromatic rings. The van der Waals surface area contributed by atoms with Crippen molar-refractivity contribution < 1.29 is 0 Å². The molecule has 36 heavy (non-hydrogen) atoms. The van der Waals surface area contributed by atoms with E-state index >= 15 is 0 Å². The molecule has 1 atom stereocenters. The van der Waals surface area contributed by atoms with Gasteiger partial charge in [0.2, 0.25) is 0 Å². The van der Waals surface area contributed by atoms with Crippen LogP contribution < -0.4 is 0 Å². The molecule has 0 heterocycles. The molecule has 0 aromatic carbocycles. The van der Waals surface area contributed by atoms with E-state index < -0.39 is 0 Å². The Morgan fingerprint density at radius 1 is 0.278 bits per heavy atom. The number of hydrogen-bond acceptors (Lipinski definition) is 0. The fourth-order valence-corrected chi connectivity index (χ4v) is 5.75. The fraction of sp³-hybridized carbons (Fsp3) is 0.972. The van der Waals surface area contributed by atoms with Crippen molar-refractivity contribution in [3.8, 4) is 0 Å². The highest BCUT2D eigenvalue weighted by molar-refractivity contribution is 4.62. The maximum Gasteiger partial charge on any atom is -0.0414 e. The Labute approximate surface area is 232 Å². The molecule has 1 unspecified atom stereocenters. The highest BCUT2D eigenvalue weighted by Crippen LogP contribution is 2.19. The Bertz CT molecular complexity index is 359. The molecule has 0 saturated carbocycles. The van der Waals surface area contributed by atoms with Gasteiger partial charge in [-0.05, 0) is 5.92 Å². The molecule has 0 aliphatic carbocycles. The lowest BCUT2D eigenvalue weighted by molar-refractivity contribution is 0.459. The minimum absolute atomic E-state index is 0.717. The molecule has 0 N–H and O–H groups in total. The first-order chi connectivity index (χ1) is 17.8. The summed E-state index contributed by atoms with van der Waals surface area (Å²) in [4.78, 5) is 0. The summed E-state index contributed by atoms with van der Waals surface area (Å²) in [6.45, 7) is 9.04. The second-order valence-corrected chi connectivity index (χ2v) is 12.3. The first-order valence-electron chi connectivity index (χ1n) is 17.6. The van der Waals surface area contributed by atoms with E-state index in [9.17, 15) is 0 Å². The molecule has 0 aliphatic rings. The highest BCUT2D eigenvalue weighted by atomic mass is 14.1. The molecule has 0 bridgehead atoms. The third-order valence-electron chi connectivity index (χ3n) is 8.43. The Morgan fingerprint density at radius 2 is 0.444 bits per heavy atom. The van der Waals surface area contributed by atoms with E-state index in [0.717, 1.165) is 5.92 Å².